The Bertz CT molecular complexity index is 1900. The van der Waals surface area contributed by atoms with E-state index in [0.29, 0.717) is 24.5 Å². The maximum absolute atomic E-state index is 14.6. The molecule has 5 aliphatic rings. The second kappa shape index (κ2) is 11.6. The van der Waals surface area contributed by atoms with Crippen molar-refractivity contribution < 1.29 is 22.7 Å². The van der Waals surface area contributed by atoms with Gasteiger partial charge in [-0.1, -0.05) is 25.3 Å². The number of carbonyl (C=O) groups is 2. The van der Waals surface area contributed by atoms with Gasteiger partial charge in [-0.15, -0.1) is 0 Å². The molecular formula is C36H46N6O5S. The smallest absolute Gasteiger partial charge is 0.303 e. The summed E-state index contributed by atoms with van der Waals surface area (Å²) in [4.78, 5) is 30.4. The molecular weight excluding hydrogens is 629 g/mol. The molecule has 3 aliphatic heterocycles. The van der Waals surface area contributed by atoms with Crippen LogP contribution in [0.2, 0.25) is 0 Å². The van der Waals surface area contributed by atoms with E-state index in [2.05, 4.69) is 43.8 Å². The lowest BCUT2D eigenvalue weighted by molar-refractivity contribution is -0.133. The summed E-state index contributed by atoms with van der Waals surface area (Å²) in [6.45, 7) is 2.12. The van der Waals surface area contributed by atoms with Gasteiger partial charge in [-0.25, -0.2) is 9.73 Å². The number of amides is 2. The number of benzene rings is 2. The lowest BCUT2D eigenvalue weighted by atomic mass is 9.81. The molecule has 2 aliphatic carbocycles. The number of hydrazine groups is 1. The Morgan fingerprint density at radius 1 is 0.979 bits per heavy atom. The molecule has 4 fully saturated rings. The number of likely N-dealkylation sites (N-methyl/N-ethyl adjacent to an activating group) is 1. The molecule has 0 spiro atoms. The summed E-state index contributed by atoms with van der Waals surface area (Å²) < 4.78 is 36.3. The summed E-state index contributed by atoms with van der Waals surface area (Å²) in [5.74, 6) is 0.514. The Hall–Kier alpha value is -3.45. The highest BCUT2D eigenvalue weighted by Gasteiger charge is 2.63. The quantitative estimate of drug-likeness (QED) is 0.386. The van der Waals surface area contributed by atoms with Gasteiger partial charge >= 0.3 is 10.2 Å². The molecule has 0 radical (unpaired) electrons. The van der Waals surface area contributed by atoms with Gasteiger partial charge in [0.05, 0.1) is 18.2 Å². The van der Waals surface area contributed by atoms with Crippen molar-refractivity contribution in [3.8, 4) is 17.0 Å². The Morgan fingerprint density at radius 2 is 1.71 bits per heavy atom. The van der Waals surface area contributed by atoms with Gasteiger partial charge in [0.15, 0.2) is 0 Å². The van der Waals surface area contributed by atoms with Crippen LogP contribution in [0.4, 0.5) is 0 Å². The van der Waals surface area contributed by atoms with Gasteiger partial charge < -0.3 is 9.30 Å². The lowest BCUT2D eigenvalue weighted by Crippen LogP contribution is -2.58. The van der Waals surface area contributed by atoms with Gasteiger partial charge in [-0.2, -0.15) is 12.7 Å². The first kappa shape index (κ1) is 31.8. The third-order valence-electron chi connectivity index (χ3n) is 12.0. The molecule has 1 aromatic heterocycles. The SMILES string of the molecule is COc1ccc2c(c1)C1CC1(C(=O)NN1CC3CCC(C1)N3C)Cn1c-2c(C2CCCCC2)c2ccc(C(=O)NS(=O)(=O)N(C)C)cc21. The maximum Gasteiger partial charge on any atom is 0.303 e. The summed E-state index contributed by atoms with van der Waals surface area (Å²) in [5, 5.41) is 3.21. The molecule has 11 nitrogen and oxygen atoms in total. The van der Waals surface area contributed by atoms with Crippen molar-refractivity contribution in [1.29, 1.82) is 0 Å². The van der Waals surface area contributed by atoms with E-state index in [1.54, 1.807) is 13.2 Å². The topological polar surface area (TPSA) is 116 Å². The average Bonchev–Trinajstić information content (AvgIpc) is 3.70. The van der Waals surface area contributed by atoms with Crippen LogP contribution in [-0.2, 0) is 21.5 Å². The Kier molecular flexibility index (Phi) is 7.66. The summed E-state index contributed by atoms with van der Waals surface area (Å²) >= 11 is 0. The van der Waals surface area contributed by atoms with Crippen molar-refractivity contribution in [2.75, 3.05) is 41.3 Å². The molecule has 12 heteroatoms. The van der Waals surface area contributed by atoms with Gasteiger partial charge in [-0.05, 0) is 86.5 Å². The molecule has 2 aromatic carbocycles. The van der Waals surface area contributed by atoms with E-state index in [1.807, 2.05) is 18.2 Å². The van der Waals surface area contributed by atoms with Crippen LogP contribution in [0.5, 0.6) is 5.75 Å². The molecule has 4 unspecified atom stereocenters. The number of rotatable bonds is 7. The number of nitrogens with zero attached hydrogens (tertiary/aromatic N) is 4. The molecule has 2 amide bonds. The molecule has 256 valence electrons. The summed E-state index contributed by atoms with van der Waals surface area (Å²) in [5.41, 5.74) is 8.48. The first-order chi connectivity index (χ1) is 23.0. The van der Waals surface area contributed by atoms with E-state index in [4.69, 9.17) is 4.74 Å². The number of hydrogen-bond donors (Lipinski definition) is 2. The zero-order valence-electron chi connectivity index (χ0n) is 28.3. The van der Waals surface area contributed by atoms with Gasteiger partial charge in [0.1, 0.15) is 5.75 Å². The second-order valence-electron chi connectivity index (χ2n) is 14.9. The monoisotopic (exact) mass is 674 g/mol. The maximum atomic E-state index is 14.6. The molecule has 2 saturated heterocycles. The number of nitrogens with one attached hydrogen (secondary N) is 2. The van der Waals surface area contributed by atoms with E-state index in [-0.39, 0.29) is 17.4 Å². The average molecular weight is 675 g/mol. The number of hydrogen-bond acceptors (Lipinski definition) is 7. The van der Waals surface area contributed by atoms with E-state index < -0.39 is 21.5 Å². The van der Waals surface area contributed by atoms with E-state index >= 15 is 0 Å². The molecule has 4 atom stereocenters. The fourth-order valence-electron chi connectivity index (χ4n) is 9.17. The number of aromatic nitrogens is 1. The lowest BCUT2D eigenvalue weighted by Gasteiger charge is -2.39. The van der Waals surface area contributed by atoms with Crippen LogP contribution in [-0.4, -0.2) is 92.4 Å². The zero-order chi connectivity index (χ0) is 33.5. The minimum atomic E-state index is -3.97. The van der Waals surface area contributed by atoms with E-state index in [9.17, 15) is 18.0 Å². The summed E-state index contributed by atoms with van der Waals surface area (Å²) in [7, 11) is 2.68. The number of fused-ring (bicyclic) bond motifs is 9. The van der Waals surface area contributed by atoms with Crippen LogP contribution < -0.4 is 14.9 Å². The minimum Gasteiger partial charge on any atom is -0.497 e. The highest BCUT2D eigenvalue weighted by atomic mass is 32.2. The predicted octanol–water partition coefficient (Wildman–Crippen LogP) is 4.20. The van der Waals surface area contributed by atoms with E-state index in [0.717, 1.165) is 95.8 Å². The van der Waals surface area contributed by atoms with Crippen LogP contribution in [0, 0.1) is 5.41 Å². The molecule has 8 rings (SSSR count). The van der Waals surface area contributed by atoms with Crippen LogP contribution in [0.3, 0.4) is 0 Å². The molecule has 2 saturated carbocycles. The van der Waals surface area contributed by atoms with Crippen LogP contribution in [0.15, 0.2) is 36.4 Å². The van der Waals surface area contributed by atoms with Crippen LogP contribution in [0.25, 0.3) is 22.2 Å². The van der Waals surface area contributed by atoms with Crippen LogP contribution in [0.1, 0.15) is 84.7 Å². The third-order valence-corrected chi connectivity index (χ3v) is 13.5. The van der Waals surface area contributed by atoms with Crippen molar-refractivity contribution in [3.05, 3.63) is 53.1 Å². The summed E-state index contributed by atoms with van der Waals surface area (Å²) in [6, 6.07) is 12.7. The number of piperazine rings is 1. The molecule has 4 heterocycles. The second-order valence-corrected chi connectivity index (χ2v) is 16.8. The Labute approximate surface area is 282 Å². The normalized spacial score (nSPS) is 27.2. The van der Waals surface area contributed by atoms with Gasteiger partial charge in [-0.3, -0.25) is 19.9 Å². The van der Waals surface area contributed by atoms with Crippen molar-refractivity contribution in [3.63, 3.8) is 0 Å². The predicted molar refractivity (Wildman–Crippen MR) is 184 cm³/mol. The molecule has 48 heavy (non-hydrogen) atoms. The minimum absolute atomic E-state index is 0.0256. The highest BCUT2D eigenvalue weighted by Crippen LogP contribution is 2.65. The first-order valence-corrected chi connectivity index (χ1v) is 18.8. The summed E-state index contributed by atoms with van der Waals surface area (Å²) in [6.07, 6.45) is 8.75. The third kappa shape index (κ3) is 5.05. The first-order valence-electron chi connectivity index (χ1n) is 17.4. The number of carbonyl (C=O) groups excluding carboxylic acids is 2. The Balaban J connectivity index is 1.26. The Morgan fingerprint density at radius 3 is 2.40 bits per heavy atom. The molecule has 2 bridgehead atoms. The van der Waals surface area contributed by atoms with Gasteiger partial charge in [0.2, 0.25) is 5.91 Å². The largest absolute Gasteiger partial charge is 0.497 e. The van der Waals surface area contributed by atoms with Crippen molar-refractivity contribution in [2.24, 2.45) is 5.41 Å². The number of ether oxygens (including phenoxy) is 1. The molecule has 3 aromatic rings. The highest BCUT2D eigenvalue weighted by molar-refractivity contribution is 7.87. The van der Waals surface area contributed by atoms with Gasteiger partial charge in [0, 0.05) is 73.8 Å². The van der Waals surface area contributed by atoms with Crippen molar-refractivity contribution >= 4 is 32.9 Å². The molecule has 2 N–H and O–H groups in total. The van der Waals surface area contributed by atoms with Gasteiger partial charge in [0.25, 0.3) is 5.91 Å². The fraction of sp³-hybridized carbons (Fsp3) is 0.556. The zero-order valence-corrected chi connectivity index (χ0v) is 29.1. The van der Waals surface area contributed by atoms with E-state index in [1.165, 1.54) is 26.1 Å². The van der Waals surface area contributed by atoms with Crippen molar-refractivity contribution in [1.82, 2.24) is 28.9 Å². The van der Waals surface area contributed by atoms with Crippen LogP contribution >= 0.6 is 0 Å². The standard InChI is InChI=1S/C36H46N6O5S/c1-39(2)48(45,46)38-34(43)23-10-14-28-31(16-23)42-21-36(35(44)37-41-19-24-11-12-25(20-41)40(24)3)18-30(36)29-17-26(47-4)13-15-27(29)33(42)32(28)22-8-6-5-7-9-22/h10,13-17,22,24-25,30H,5-9,11-12,18-21H2,1-4H3,(H,37,44)(H,38,43). The number of methoxy groups -OCH3 is 1. The van der Waals surface area contributed by atoms with Crippen molar-refractivity contribution in [2.45, 2.75) is 81.8 Å². The fourth-order valence-corrected chi connectivity index (χ4v) is 9.70.